The Morgan fingerprint density at radius 2 is 1.75 bits per heavy atom. The summed E-state index contributed by atoms with van der Waals surface area (Å²) in [7, 11) is 0. The molecule has 0 amide bonds. The van der Waals surface area contributed by atoms with Crippen LogP contribution in [-0.2, 0) is 16.5 Å². The quantitative estimate of drug-likeness (QED) is 0.317. The smallest absolute Gasteiger partial charge is 0 e. The van der Waals surface area contributed by atoms with Crippen LogP contribution in [0, 0.1) is 18.3 Å². The van der Waals surface area contributed by atoms with Gasteiger partial charge in [0.1, 0.15) is 0 Å². The first kappa shape index (κ1) is 9.13. The van der Waals surface area contributed by atoms with Gasteiger partial charge >= 0.3 is 0 Å². The van der Waals surface area contributed by atoms with Crippen LogP contribution in [-0.4, -0.2) is 0 Å². The summed E-state index contributed by atoms with van der Waals surface area (Å²) in [6.45, 7) is 2.79. The molecule has 0 rings (SSSR count). The van der Waals surface area contributed by atoms with Crippen LogP contribution in [0.4, 0.5) is 0 Å². The van der Waals surface area contributed by atoms with Gasteiger partial charge < -0.3 is 6.92 Å². The maximum atomic E-state index is 7.21. The van der Waals surface area contributed by atoms with E-state index in [-0.39, 0.29) is 16.5 Å². The molecule has 0 atom stereocenters. The second-order valence-electron chi connectivity index (χ2n) is 0.158. The number of rotatable bonds is 0. The van der Waals surface area contributed by atoms with E-state index in [1.807, 2.05) is 0 Å². The van der Waals surface area contributed by atoms with Gasteiger partial charge in [-0.25, -0.2) is 5.26 Å². The Labute approximate surface area is 35.5 Å². The molecule has 0 saturated carbocycles. The van der Waals surface area contributed by atoms with E-state index in [2.05, 4.69) is 6.92 Å². The summed E-state index contributed by atoms with van der Waals surface area (Å²) in [4.78, 5) is 0. The van der Waals surface area contributed by atoms with E-state index in [4.69, 9.17) is 5.26 Å². The fourth-order valence-corrected chi connectivity index (χ4v) is 0. The molecule has 0 bridgehead atoms. The Hall–Kier alpha value is -0.146. The molecule has 0 heterocycles. The summed E-state index contributed by atoms with van der Waals surface area (Å²) in [5, 5.41) is 7.21. The first-order valence-corrected chi connectivity index (χ1v) is 0.577. The Kier molecular flexibility index (Phi) is 30.7. The molecule has 0 radical (unpaired) electrons. The molecule has 0 spiro atoms. The van der Waals surface area contributed by atoms with E-state index >= 15 is 0 Å². The molecule has 0 aromatic rings. The largest absolute Gasteiger partial charge is 0.305 e. The fraction of sp³-hybridized carbons (Fsp3) is 0. The van der Waals surface area contributed by atoms with Gasteiger partial charge in [0, 0.05) is 16.5 Å². The van der Waals surface area contributed by atoms with E-state index in [1.54, 1.807) is 0 Å². The molecule has 1 nitrogen and oxygen atoms in total. The van der Waals surface area contributed by atoms with Crippen molar-refractivity contribution in [3.63, 3.8) is 0 Å². The van der Waals surface area contributed by atoms with Gasteiger partial charge in [-0.15, -0.1) is 6.07 Å². The summed E-state index contributed by atoms with van der Waals surface area (Å²) in [6, 6.07) is 1.50. The van der Waals surface area contributed by atoms with Crippen LogP contribution in [0.5, 0.6) is 0 Å². The van der Waals surface area contributed by atoms with Crippen molar-refractivity contribution in [2.45, 2.75) is 0 Å². The van der Waals surface area contributed by atoms with Crippen molar-refractivity contribution in [1.82, 2.24) is 0 Å². The summed E-state index contributed by atoms with van der Waals surface area (Å²) in [5.41, 5.74) is 0. The van der Waals surface area contributed by atoms with Crippen LogP contribution in [0.15, 0.2) is 0 Å². The van der Waals surface area contributed by atoms with Crippen molar-refractivity contribution < 1.29 is 16.5 Å². The molecule has 0 aromatic heterocycles. The van der Waals surface area contributed by atoms with Crippen molar-refractivity contribution in [2.75, 3.05) is 0 Å². The molecule has 0 aliphatic heterocycles. The molecule has 4 heavy (non-hydrogen) atoms. The van der Waals surface area contributed by atoms with E-state index in [0.717, 1.165) is 0 Å². The zero-order chi connectivity index (χ0) is 2.71. The summed E-state index contributed by atoms with van der Waals surface area (Å²) in [5.74, 6) is 0. The first-order valence-electron chi connectivity index (χ1n) is 0.577. The van der Waals surface area contributed by atoms with Crippen molar-refractivity contribution >= 4 is 0 Å². The Morgan fingerprint density at radius 3 is 1.75 bits per heavy atom. The second-order valence-corrected chi connectivity index (χ2v) is 0.158. The van der Waals surface area contributed by atoms with Crippen molar-refractivity contribution in [3.05, 3.63) is 6.92 Å². The monoisotopic (exact) mass is 98.0 g/mol. The van der Waals surface area contributed by atoms with E-state index in [0.29, 0.717) is 0 Å². The van der Waals surface area contributed by atoms with E-state index < -0.39 is 0 Å². The van der Waals surface area contributed by atoms with Crippen molar-refractivity contribution in [2.24, 2.45) is 0 Å². The van der Waals surface area contributed by atoms with Gasteiger partial charge in [0.25, 0.3) is 0 Å². The molecule has 0 fully saturated rings. The molecule has 0 N–H and O–H groups in total. The SMILES string of the molecule is [CH2-]C#N.[Ni]. The van der Waals surface area contributed by atoms with Crippen molar-refractivity contribution in [1.29, 1.82) is 5.26 Å². The minimum atomic E-state index is 0. The standard InChI is InChI=1S/C2H2N.Ni/c1-2-3;/h1H2;/q-1;. The number of hydrogen-bond donors (Lipinski definition) is 0. The van der Waals surface area contributed by atoms with Gasteiger partial charge in [0.2, 0.25) is 0 Å². The van der Waals surface area contributed by atoms with Gasteiger partial charge in [0.05, 0.1) is 0 Å². The normalized spacial score (nSPS) is 1.75. The summed E-state index contributed by atoms with van der Waals surface area (Å²) < 4.78 is 0. The van der Waals surface area contributed by atoms with Gasteiger partial charge in [-0.3, -0.25) is 0 Å². The Morgan fingerprint density at radius 1 is 1.75 bits per heavy atom. The molecule has 0 aliphatic rings. The summed E-state index contributed by atoms with van der Waals surface area (Å²) in [6.07, 6.45) is 0. The summed E-state index contributed by atoms with van der Waals surface area (Å²) >= 11 is 0. The van der Waals surface area contributed by atoms with E-state index in [1.165, 1.54) is 6.07 Å². The van der Waals surface area contributed by atoms with Crippen LogP contribution >= 0.6 is 0 Å². The molecule has 0 aliphatic carbocycles. The number of hydrogen-bond acceptors (Lipinski definition) is 1. The van der Waals surface area contributed by atoms with E-state index in [9.17, 15) is 0 Å². The molecule has 26 valence electrons. The predicted molar refractivity (Wildman–Crippen MR) is 11.0 cm³/mol. The zero-order valence-electron chi connectivity index (χ0n) is 1.97. The number of nitrogens with zero attached hydrogens (tertiary/aromatic N) is 1. The maximum Gasteiger partial charge on any atom is 0 e. The average Bonchev–Trinajstić information content (AvgIpc) is 0.918. The van der Waals surface area contributed by atoms with Gasteiger partial charge in [-0.05, 0) is 0 Å². The van der Waals surface area contributed by atoms with Crippen LogP contribution in [0.2, 0.25) is 0 Å². The predicted octanol–water partition coefficient (Wildman–Crippen LogP) is 0.342. The molecule has 0 aromatic carbocycles. The number of nitriles is 1. The van der Waals surface area contributed by atoms with Crippen molar-refractivity contribution in [3.8, 4) is 6.07 Å². The first-order chi connectivity index (χ1) is 1.41. The van der Waals surface area contributed by atoms with Crippen LogP contribution in [0.3, 0.4) is 0 Å². The third-order valence-electron chi connectivity index (χ3n) is 0. The molecule has 0 unspecified atom stereocenters. The maximum absolute atomic E-state index is 7.21. The van der Waals surface area contributed by atoms with Gasteiger partial charge in [-0.2, -0.15) is 0 Å². The molecular weight excluding hydrogens is 96.7 g/mol. The van der Waals surface area contributed by atoms with Crippen LogP contribution < -0.4 is 0 Å². The molecular formula is C2H2NNi-. The minimum absolute atomic E-state index is 0. The minimum Gasteiger partial charge on any atom is -0.305 e. The van der Waals surface area contributed by atoms with Crippen LogP contribution in [0.1, 0.15) is 0 Å². The Bertz CT molecular complexity index is 27.5. The zero-order valence-corrected chi connectivity index (χ0v) is 2.96. The fourth-order valence-electron chi connectivity index (χ4n) is 0. The molecule has 2 heteroatoms. The van der Waals surface area contributed by atoms with Gasteiger partial charge in [0.15, 0.2) is 0 Å². The second kappa shape index (κ2) is 13.5. The topological polar surface area (TPSA) is 23.8 Å². The third-order valence-corrected chi connectivity index (χ3v) is 0. The molecule has 0 saturated heterocycles. The third kappa shape index (κ3) is 62.9. The van der Waals surface area contributed by atoms with Crippen LogP contribution in [0.25, 0.3) is 0 Å². The Balaban J connectivity index is 0. The van der Waals surface area contributed by atoms with Gasteiger partial charge in [-0.1, -0.05) is 0 Å². The average molecular weight is 98.7 g/mol.